The van der Waals surface area contributed by atoms with E-state index in [0.29, 0.717) is 12.1 Å². The highest BCUT2D eigenvalue weighted by molar-refractivity contribution is 5.93. The number of aryl methyl sites for hydroxylation is 1. The van der Waals surface area contributed by atoms with Gasteiger partial charge < -0.3 is 14.6 Å². The van der Waals surface area contributed by atoms with Gasteiger partial charge in [-0.05, 0) is 55.5 Å². The third kappa shape index (κ3) is 4.11. The zero-order valence-corrected chi connectivity index (χ0v) is 17.9. The number of aliphatic hydroxyl groups is 1. The van der Waals surface area contributed by atoms with E-state index in [-0.39, 0.29) is 18.0 Å². The average molecular weight is 407 g/mol. The van der Waals surface area contributed by atoms with Gasteiger partial charge in [-0.25, -0.2) is 0 Å². The lowest BCUT2D eigenvalue weighted by Crippen LogP contribution is -2.40. The summed E-state index contributed by atoms with van der Waals surface area (Å²) in [5.74, 6) is -0.0539. The molecule has 1 unspecified atom stereocenters. The number of aliphatic hydroxyl groups excluding tert-OH is 1. The Morgan fingerprint density at radius 3 is 2.80 bits per heavy atom. The van der Waals surface area contributed by atoms with Crippen molar-refractivity contribution >= 4 is 16.8 Å². The third-order valence-corrected chi connectivity index (χ3v) is 6.29. The molecule has 0 bridgehead atoms. The van der Waals surface area contributed by atoms with Gasteiger partial charge in [0, 0.05) is 55.0 Å². The van der Waals surface area contributed by atoms with Crippen molar-refractivity contribution < 1.29 is 9.90 Å². The van der Waals surface area contributed by atoms with Gasteiger partial charge in [-0.2, -0.15) is 0 Å². The van der Waals surface area contributed by atoms with E-state index in [9.17, 15) is 9.90 Å². The van der Waals surface area contributed by atoms with Crippen molar-refractivity contribution in [2.75, 3.05) is 7.05 Å². The van der Waals surface area contributed by atoms with E-state index < -0.39 is 6.23 Å². The molecule has 1 saturated carbocycles. The highest BCUT2D eigenvalue weighted by Gasteiger charge is 2.31. The van der Waals surface area contributed by atoms with Gasteiger partial charge in [-0.3, -0.25) is 15.1 Å². The number of nitrogens with zero attached hydrogens (tertiary/aromatic N) is 3. The maximum Gasteiger partial charge on any atom is 0.272 e. The largest absolute Gasteiger partial charge is 0.379 e. The molecular formula is C24H30N4O2. The highest BCUT2D eigenvalue weighted by atomic mass is 16.3. The summed E-state index contributed by atoms with van der Waals surface area (Å²) in [6, 6.07) is 12.6. The predicted octanol–water partition coefficient (Wildman–Crippen LogP) is 3.55. The quantitative estimate of drug-likeness (QED) is 0.614. The molecule has 6 nitrogen and oxygen atoms in total. The number of hydrogen-bond acceptors (Lipinski definition) is 4. The molecule has 3 atom stereocenters. The van der Waals surface area contributed by atoms with Crippen LogP contribution in [-0.2, 0) is 7.05 Å². The average Bonchev–Trinajstić information content (AvgIpc) is 3.39. The number of carbonyl (C=O) groups excluding carboxylic acids is 1. The SMILES string of the molecule is CCC(O)N[C@H]1CC[C@@H](N(C)C(=O)c2ccc(-c3ccc4c(ccn4C)c3)cn2)C1. The van der Waals surface area contributed by atoms with Crippen molar-refractivity contribution in [3.63, 3.8) is 0 Å². The fourth-order valence-corrected chi connectivity index (χ4v) is 4.35. The molecule has 0 aliphatic heterocycles. The van der Waals surface area contributed by atoms with E-state index in [0.717, 1.165) is 30.4 Å². The normalized spacial score (nSPS) is 19.9. The van der Waals surface area contributed by atoms with Crippen LogP contribution in [0, 0.1) is 0 Å². The number of aromatic nitrogens is 2. The van der Waals surface area contributed by atoms with Gasteiger partial charge in [0.2, 0.25) is 0 Å². The molecule has 2 aromatic heterocycles. The number of nitrogens with one attached hydrogen (secondary N) is 1. The van der Waals surface area contributed by atoms with Crippen molar-refractivity contribution in [1.29, 1.82) is 0 Å². The maximum atomic E-state index is 12.9. The lowest BCUT2D eigenvalue weighted by molar-refractivity contribution is 0.0723. The molecule has 0 spiro atoms. The molecule has 6 heteroatoms. The molecule has 1 fully saturated rings. The van der Waals surface area contributed by atoms with Gasteiger partial charge >= 0.3 is 0 Å². The summed E-state index contributed by atoms with van der Waals surface area (Å²) in [6.45, 7) is 1.95. The molecule has 1 aromatic carbocycles. The van der Waals surface area contributed by atoms with Crippen molar-refractivity contribution in [3.05, 3.63) is 54.5 Å². The van der Waals surface area contributed by atoms with Crippen LogP contribution in [0.3, 0.4) is 0 Å². The second-order valence-corrected chi connectivity index (χ2v) is 8.30. The predicted molar refractivity (Wildman–Crippen MR) is 119 cm³/mol. The van der Waals surface area contributed by atoms with Crippen LogP contribution in [0.25, 0.3) is 22.0 Å². The Labute approximate surface area is 177 Å². The zero-order valence-electron chi connectivity index (χ0n) is 17.9. The Morgan fingerprint density at radius 1 is 1.27 bits per heavy atom. The summed E-state index contributed by atoms with van der Waals surface area (Å²) in [7, 11) is 3.89. The maximum absolute atomic E-state index is 12.9. The lowest BCUT2D eigenvalue weighted by atomic mass is 10.1. The van der Waals surface area contributed by atoms with Crippen LogP contribution in [0.15, 0.2) is 48.8 Å². The molecule has 4 rings (SSSR count). The molecule has 2 heterocycles. The fraction of sp³-hybridized carbons (Fsp3) is 0.417. The van der Waals surface area contributed by atoms with Crippen LogP contribution >= 0.6 is 0 Å². The number of hydrogen-bond donors (Lipinski definition) is 2. The summed E-state index contributed by atoms with van der Waals surface area (Å²) >= 11 is 0. The van der Waals surface area contributed by atoms with Crippen LogP contribution in [0.4, 0.5) is 0 Å². The molecule has 0 radical (unpaired) electrons. The first-order valence-electron chi connectivity index (χ1n) is 10.7. The number of amides is 1. The molecule has 3 aromatic rings. The molecule has 1 amide bonds. The lowest BCUT2D eigenvalue weighted by Gasteiger charge is -2.25. The van der Waals surface area contributed by atoms with Crippen molar-refractivity contribution in [2.45, 2.75) is 50.9 Å². The van der Waals surface area contributed by atoms with Crippen molar-refractivity contribution in [3.8, 4) is 11.1 Å². The van der Waals surface area contributed by atoms with Crippen LogP contribution in [0.2, 0.25) is 0 Å². The summed E-state index contributed by atoms with van der Waals surface area (Å²) in [6.07, 6.45) is 6.80. The monoisotopic (exact) mass is 406 g/mol. The van der Waals surface area contributed by atoms with E-state index in [2.05, 4.69) is 45.3 Å². The van der Waals surface area contributed by atoms with E-state index in [1.807, 2.05) is 33.2 Å². The number of rotatable bonds is 6. The Kier molecular flexibility index (Phi) is 5.88. The topological polar surface area (TPSA) is 70.4 Å². The van der Waals surface area contributed by atoms with E-state index in [4.69, 9.17) is 0 Å². The molecule has 2 N–H and O–H groups in total. The van der Waals surface area contributed by atoms with Crippen LogP contribution in [-0.4, -0.2) is 50.8 Å². The smallest absolute Gasteiger partial charge is 0.272 e. The minimum absolute atomic E-state index is 0.0539. The highest BCUT2D eigenvalue weighted by Crippen LogP contribution is 2.27. The van der Waals surface area contributed by atoms with Gasteiger partial charge in [0.15, 0.2) is 0 Å². The summed E-state index contributed by atoms with van der Waals surface area (Å²) in [5.41, 5.74) is 3.74. The van der Waals surface area contributed by atoms with Crippen LogP contribution in [0.1, 0.15) is 43.1 Å². The fourth-order valence-electron chi connectivity index (χ4n) is 4.35. The minimum atomic E-state index is -0.473. The molecule has 30 heavy (non-hydrogen) atoms. The summed E-state index contributed by atoms with van der Waals surface area (Å²) in [5, 5.41) is 14.2. The molecular weight excluding hydrogens is 376 g/mol. The van der Waals surface area contributed by atoms with Crippen LogP contribution in [0.5, 0.6) is 0 Å². The molecule has 158 valence electrons. The first kappa shape index (κ1) is 20.6. The van der Waals surface area contributed by atoms with E-state index in [1.165, 1.54) is 10.9 Å². The summed E-state index contributed by atoms with van der Waals surface area (Å²) < 4.78 is 2.10. The number of benzene rings is 1. The first-order valence-corrected chi connectivity index (χ1v) is 10.7. The van der Waals surface area contributed by atoms with Gasteiger partial charge in [0.05, 0.1) is 0 Å². The first-order chi connectivity index (χ1) is 14.5. The van der Waals surface area contributed by atoms with Crippen molar-refractivity contribution in [2.24, 2.45) is 7.05 Å². The van der Waals surface area contributed by atoms with Gasteiger partial charge in [-0.15, -0.1) is 0 Å². The molecule has 1 aliphatic carbocycles. The molecule has 0 saturated heterocycles. The zero-order chi connectivity index (χ0) is 21.3. The second-order valence-electron chi connectivity index (χ2n) is 8.30. The van der Waals surface area contributed by atoms with Crippen LogP contribution < -0.4 is 5.32 Å². The Hall–Kier alpha value is -2.70. The van der Waals surface area contributed by atoms with Crippen molar-refractivity contribution in [1.82, 2.24) is 19.8 Å². The Morgan fingerprint density at radius 2 is 2.07 bits per heavy atom. The number of pyridine rings is 1. The van der Waals surface area contributed by atoms with Gasteiger partial charge in [-0.1, -0.05) is 19.1 Å². The Bertz CT molecular complexity index is 1030. The minimum Gasteiger partial charge on any atom is -0.379 e. The molecule has 1 aliphatic rings. The number of carbonyl (C=O) groups is 1. The standard InChI is InChI=1S/C24H30N4O2/c1-4-23(29)26-19-7-8-20(14-19)28(3)24(30)21-9-5-18(15-25-21)16-6-10-22-17(13-16)11-12-27(22)2/h5-6,9-13,15,19-20,23,26,29H,4,7-8,14H2,1-3H3/t19-,20+,23?/m0/s1. The van der Waals surface area contributed by atoms with E-state index in [1.54, 1.807) is 11.1 Å². The summed E-state index contributed by atoms with van der Waals surface area (Å²) in [4.78, 5) is 19.2. The third-order valence-electron chi connectivity index (χ3n) is 6.29. The van der Waals surface area contributed by atoms with Gasteiger partial charge in [0.25, 0.3) is 5.91 Å². The van der Waals surface area contributed by atoms with E-state index >= 15 is 0 Å². The second kappa shape index (κ2) is 8.58. The van der Waals surface area contributed by atoms with Gasteiger partial charge in [0.1, 0.15) is 11.9 Å². The number of fused-ring (bicyclic) bond motifs is 1. The Balaban J connectivity index is 1.43.